The zero-order chi connectivity index (χ0) is 12.8. The van der Waals surface area contributed by atoms with E-state index in [0.717, 1.165) is 11.5 Å². The Balaban J connectivity index is 3.53. The Labute approximate surface area is 104 Å². The van der Waals surface area contributed by atoms with E-state index in [4.69, 9.17) is 9.05 Å². The van der Waals surface area contributed by atoms with Crippen LogP contribution in [0.3, 0.4) is 0 Å². The molecule has 0 amide bonds. The first-order valence-corrected chi connectivity index (χ1v) is 12.3. The molecular formula is C10H26O3PS2+. The summed E-state index contributed by atoms with van der Waals surface area (Å²) in [6.07, 6.45) is 13.3. The lowest BCUT2D eigenvalue weighted by Gasteiger charge is -2.23. The summed E-state index contributed by atoms with van der Waals surface area (Å²) in [6, 6.07) is 0. The van der Waals surface area contributed by atoms with Crippen molar-refractivity contribution >= 4 is 28.3 Å². The molecule has 0 aliphatic heterocycles. The molecule has 100 valence electrons. The molecule has 0 fully saturated rings. The van der Waals surface area contributed by atoms with E-state index >= 15 is 0 Å². The van der Waals surface area contributed by atoms with E-state index < -0.39 is 28.3 Å². The van der Waals surface area contributed by atoms with E-state index in [-0.39, 0.29) is 0 Å². The summed E-state index contributed by atoms with van der Waals surface area (Å²) < 4.78 is 21.6. The fourth-order valence-electron chi connectivity index (χ4n) is 0.761. The molecule has 0 saturated carbocycles. The van der Waals surface area contributed by atoms with Crippen LogP contribution in [0.4, 0.5) is 0 Å². The van der Waals surface area contributed by atoms with Gasteiger partial charge in [0.25, 0.3) is 0 Å². The third kappa shape index (κ3) is 12.8. The van der Waals surface area contributed by atoms with E-state index in [1.54, 1.807) is 0 Å². The predicted molar refractivity (Wildman–Crippen MR) is 80.0 cm³/mol. The van der Waals surface area contributed by atoms with Crippen molar-refractivity contribution in [3.8, 4) is 0 Å². The van der Waals surface area contributed by atoms with E-state index in [1.165, 1.54) is 0 Å². The second kappa shape index (κ2) is 7.22. The van der Waals surface area contributed by atoms with E-state index in [0.29, 0.717) is 13.2 Å². The summed E-state index contributed by atoms with van der Waals surface area (Å²) in [7, 11) is -3.05. The van der Waals surface area contributed by atoms with Crippen molar-refractivity contribution in [1.82, 2.24) is 0 Å². The zero-order valence-corrected chi connectivity index (χ0v) is 13.8. The van der Waals surface area contributed by atoms with Crippen LogP contribution in [0.1, 0.15) is 0 Å². The maximum absolute atomic E-state index is 11.3. The van der Waals surface area contributed by atoms with Gasteiger partial charge in [0.1, 0.15) is 13.2 Å². The van der Waals surface area contributed by atoms with Gasteiger partial charge in [-0.15, -0.1) is 9.05 Å². The Morgan fingerprint density at radius 1 is 0.812 bits per heavy atom. The summed E-state index contributed by atoms with van der Waals surface area (Å²) in [6.45, 7) is 1.08. The molecule has 0 aliphatic carbocycles. The summed E-state index contributed by atoms with van der Waals surface area (Å²) in [5.41, 5.74) is 0. The third-order valence-corrected chi connectivity index (χ3v) is 5.35. The first-order chi connectivity index (χ1) is 7.10. The summed E-state index contributed by atoms with van der Waals surface area (Å²) >= 11 is 0. The van der Waals surface area contributed by atoms with Crippen molar-refractivity contribution < 1.29 is 13.6 Å². The van der Waals surface area contributed by atoms with Gasteiger partial charge < -0.3 is 0 Å². The Bertz CT molecular complexity index is 199. The molecule has 0 bridgehead atoms. The largest absolute Gasteiger partial charge is 0.697 e. The molecule has 0 heterocycles. The highest BCUT2D eigenvalue weighted by atomic mass is 32.3. The smallest absolute Gasteiger partial charge is 0.247 e. The first kappa shape index (κ1) is 16.7. The van der Waals surface area contributed by atoms with Crippen molar-refractivity contribution in [3.05, 3.63) is 0 Å². The van der Waals surface area contributed by atoms with Gasteiger partial charge in [-0.1, -0.05) is 0 Å². The molecule has 0 aromatic rings. The van der Waals surface area contributed by atoms with E-state index in [9.17, 15) is 4.57 Å². The van der Waals surface area contributed by atoms with Crippen LogP contribution in [0, 0.1) is 0 Å². The molecule has 3 nitrogen and oxygen atoms in total. The fourth-order valence-corrected chi connectivity index (χ4v) is 2.73. The average molecular weight is 289 g/mol. The molecule has 0 aromatic carbocycles. The van der Waals surface area contributed by atoms with Crippen LogP contribution in [0.15, 0.2) is 0 Å². The van der Waals surface area contributed by atoms with E-state index in [2.05, 4.69) is 37.5 Å². The standard InChI is InChI=1S/C10H26O3PS2/c1-15(2,3)9-7-12-14(11)13-8-10-16(4,5)6/h7-10H2,1-6H3/q+1. The highest BCUT2D eigenvalue weighted by molar-refractivity contribution is 8.32. The van der Waals surface area contributed by atoms with Gasteiger partial charge in [-0.25, -0.2) is 20.1 Å². The van der Waals surface area contributed by atoms with Crippen LogP contribution in [-0.2, 0) is 13.6 Å². The predicted octanol–water partition coefficient (Wildman–Crippen LogP) is 3.07. The normalized spacial score (nSPS) is 14.9. The Morgan fingerprint density at radius 3 is 1.38 bits per heavy atom. The van der Waals surface area contributed by atoms with Gasteiger partial charge in [0.2, 0.25) is 0 Å². The summed E-state index contributed by atoms with van der Waals surface area (Å²) in [5, 5.41) is 0. The first-order valence-electron chi connectivity index (χ1n) is 5.15. The fraction of sp³-hybridized carbons (Fsp3) is 1.00. The molecule has 0 rings (SSSR count). The van der Waals surface area contributed by atoms with Gasteiger partial charge in [0, 0.05) is 16.1 Å². The maximum atomic E-state index is 11.3. The van der Waals surface area contributed by atoms with Gasteiger partial charge >= 0.3 is 8.25 Å². The topological polar surface area (TPSA) is 35.5 Å². The van der Waals surface area contributed by atoms with Gasteiger partial charge in [-0.05, 0) is 37.5 Å². The molecule has 0 atom stereocenters. The lowest BCUT2D eigenvalue weighted by Crippen LogP contribution is -2.06. The molecule has 0 saturated heterocycles. The molecule has 0 spiro atoms. The highest BCUT2D eigenvalue weighted by Gasteiger charge is 2.21. The second-order valence-corrected chi connectivity index (χ2v) is 15.6. The minimum absolute atomic E-state index is 0.538. The summed E-state index contributed by atoms with van der Waals surface area (Å²) in [5.74, 6) is 1.95. The van der Waals surface area contributed by atoms with Crippen molar-refractivity contribution in [3.63, 3.8) is 0 Å². The molecule has 0 aliphatic rings. The van der Waals surface area contributed by atoms with Crippen LogP contribution in [0.5, 0.6) is 0 Å². The minimum Gasteiger partial charge on any atom is -0.247 e. The summed E-state index contributed by atoms with van der Waals surface area (Å²) in [4.78, 5) is 0. The molecule has 6 heteroatoms. The zero-order valence-electron chi connectivity index (χ0n) is 11.3. The van der Waals surface area contributed by atoms with Crippen molar-refractivity contribution in [2.75, 3.05) is 62.3 Å². The Morgan fingerprint density at radius 2 is 1.12 bits per heavy atom. The monoisotopic (exact) mass is 289 g/mol. The molecular weight excluding hydrogens is 263 g/mol. The minimum atomic E-state index is -1.91. The van der Waals surface area contributed by atoms with Gasteiger partial charge in [0.15, 0.2) is 0 Å². The molecule has 0 radical (unpaired) electrons. The van der Waals surface area contributed by atoms with Crippen LogP contribution >= 0.6 is 28.3 Å². The number of hydrogen-bond acceptors (Lipinski definition) is 3. The van der Waals surface area contributed by atoms with Crippen LogP contribution in [0.25, 0.3) is 0 Å². The Hall–Kier alpha value is 0.720. The molecule has 16 heavy (non-hydrogen) atoms. The lowest BCUT2D eigenvalue weighted by molar-refractivity contribution is 0.246. The van der Waals surface area contributed by atoms with Crippen LogP contribution < -0.4 is 0 Å². The quantitative estimate of drug-likeness (QED) is 0.644. The van der Waals surface area contributed by atoms with Crippen molar-refractivity contribution in [2.45, 2.75) is 0 Å². The second-order valence-electron chi connectivity index (χ2n) is 5.48. The molecule has 0 N–H and O–H groups in total. The van der Waals surface area contributed by atoms with Crippen LogP contribution in [0.2, 0.25) is 0 Å². The number of rotatable bonds is 8. The highest BCUT2D eigenvalue weighted by Crippen LogP contribution is 2.37. The van der Waals surface area contributed by atoms with E-state index in [1.807, 2.05) is 0 Å². The third-order valence-electron chi connectivity index (χ3n) is 1.78. The van der Waals surface area contributed by atoms with Crippen molar-refractivity contribution in [2.24, 2.45) is 0 Å². The average Bonchev–Trinajstić information content (AvgIpc) is 1.98. The Kier molecular flexibility index (Phi) is 7.55. The maximum Gasteiger partial charge on any atom is 0.697 e. The molecule has 0 unspecified atom stereocenters. The van der Waals surface area contributed by atoms with Crippen LogP contribution in [-0.4, -0.2) is 62.3 Å². The van der Waals surface area contributed by atoms with Crippen molar-refractivity contribution in [1.29, 1.82) is 0 Å². The SMILES string of the molecule is CS(C)(C)CCO[P+](=O)OCCS(C)(C)C. The van der Waals surface area contributed by atoms with Gasteiger partial charge in [-0.2, -0.15) is 0 Å². The lowest BCUT2D eigenvalue weighted by atomic mass is 10.9. The van der Waals surface area contributed by atoms with Gasteiger partial charge in [-0.3, -0.25) is 0 Å². The molecule has 0 aromatic heterocycles. The number of hydrogen-bond donors (Lipinski definition) is 0. The van der Waals surface area contributed by atoms with Gasteiger partial charge in [0.05, 0.1) is 0 Å².